The van der Waals surface area contributed by atoms with E-state index >= 15 is 0 Å². The second-order valence-electron chi connectivity index (χ2n) is 5.28. The lowest BCUT2D eigenvalue weighted by Crippen LogP contribution is -2.36. The molecule has 0 bridgehead atoms. The monoisotopic (exact) mass is 271 g/mol. The molecule has 0 radical (unpaired) electrons. The molecule has 5 heteroatoms. The van der Waals surface area contributed by atoms with Gasteiger partial charge in [0, 0.05) is 33.3 Å². The van der Waals surface area contributed by atoms with E-state index in [4.69, 9.17) is 10.5 Å². The normalized spacial score (nSPS) is 21.1. The van der Waals surface area contributed by atoms with Gasteiger partial charge >= 0.3 is 0 Å². The number of carbonyl (C=O) groups is 1. The first-order valence-electron chi connectivity index (χ1n) is 7.37. The second kappa shape index (κ2) is 8.51. The van der Waals surface area contributed by atoms with E-state index in [0.717, 1.165) is 39.1 Å². The molecule has 0 aromatic heterocycles. The average Bonchev–Trinajstić information content (AvgIpc) is 2.90. The molecular weight excluding hydrogens is 242 g/mol. The number of carbonyl (C=O) groups excluding carboxylic acids is 1. The van der Waals surface area contributed by atoms with Crippen LogP contribution in [0.5, 0.6) is 0 Å². The molecule has 1 amide bonds. The maximum Gasteiger partial charge on any atom is 0.225 e. The van der Waals surface area contributed by atoms with Crippen molar-refractivity contribution in [2.24, 2.45) is 11.7 Å². The zero-order chi connectivity index (χ0) is 14.3. The smallest absolute Gasteiger partial charge is 0.225 e. The number of ether oxygens (including phenoxy) is 1. The number of hydrogen-bond donors (Lipinski definition) is 1. The Morgan fingerprint density at radius 3 is 2.68 bits per heavy atom. The number of amides is 1. The third-order valence-electron chi connectivity index (χ3n) is 4.05. The van der Waals surface area contributed by atoms with Gasteiger partial charge in [-0.2, -0.15) is 0 Å². The molecule has 2 unspecified atom stereocenters. The Labute approximate surface area is 117 Å². The number of likely N-dealkylation sites (tertiary alicyclic amines) is 1. The van der Waals surface area contributed by atoms with E-state index in [1.54, 1.807) is 7.11 Å². The highest BCUT2D eigenvalue weighted by Gasteiger charge is 2.28. The van der Waals surface area contributed by atoms with Gasteiger partial charge in [-0.05, 0) is 25.4 Å². The van der Waals surface area contributed by atoms with Crippen LogP contribution in [-0.4, -0.2) is 68.2 Å². The van der Waals surface area contributed by atoms with Crippen LogP contribution in [0.15, 0.2) is 0 Å². The highest BCUT2D eigenvalue weighted by molar-refractivity contribution is 5.77. The molecule has 0 aliphatic carbocycles. The van der Waals surface area contributed by atoms with Crippen molar-refractivity contribution in [1.82, 2.24) is 9.80 Å². The third-order valence-corrected chi connectivity index (χ3v) is 4.05. The van der Waals surface area contributed by atoms with Crippen molar-refractivity contribution >= 4 is 5.91 Å². The van der Waals surface area contributed by atoms with Gasteiger partial charge in [0.2, 0.25) is 5.91 Å². The van der Waals surface area contributed by atoms with E-state index in [1.165, 1.54) is 0 Å². The van der Waals surface area contributed by atoms with Crippen LogP contribution in [0.3, 0.4) is 0 Å². The van der Waals surface area contributed by atoms with Crippen LogP contribution in [0.1, 0.15) is 26.7 Å². The van der Waals surface area contributed by atoms with E-state index in [1.807, 2.05) is 4.90 Å². The maximum atomic E-state index is 12.1. The quantitative estimate of drug-likeness (QED) is 0.700. The van der Waals surface area contributed by atoms with E-state index in [0.29, 0.717) is 18.9 Å². The van der Waals surface area contributed by atoms with Crippen molar-refractivity contribution in [2.45, 2.75) is 32.8 Å². The number of hydrogen-bond acceptors (Lipinski definition) is 4. The minimum Gasteiger partial charge on any atom is -0.380 e. The van der Waals surface area contributed by atoms with Gasteiger partial charge in [-0.15, -0.1) is 0 Å². The van der Waals surface area contributed by atoms with Crippen LogP contribution in [0, 0.1) is 5.92 Å². The Bertz CT molecular complexity index is 265. The van der Waals surface area contributed by atoms with Gasteiger partial charge in [0.1, 0.15) is 0 Å². The van der Waals surface area contributed by atoms with Gasteiger partial charge in [0.25, 0.3) is 0 Å². The van der Waals surface area contributed by atoms with Crippen LogP contribution in [-0.2, 0) is 9.53 Å². The summed E-state index contributed by atoms with van der Waals surface area (Å²) in [6.45, 7) is 9.81. The maximum absolute atomic E-state index is 12.1. The SMILES string of the molecule is CCN(CC)CC1CCN(C(=O)CC(CN)OC)C1. The van der Waals surface area contributed by atoms with Crippen molar-refractivity contribution in [1.29, 1.82) is 0 Å². The van der Waals surface area contributed by atoms with Crippen LogP contribution in [0.2, 0.25) is 0 Å². The van der Waals surface area contributed by atoms with Crippen LogP contribution < -0.4 is 5.73 Å². The summed E-state index contributed by atoms with van der Waals surface area (Å²) < 4.78 is 5.18. The summed E-state index contributed by atoms with van der Waals surface area (Å²) in [5, 5.41) is 0. The highest BCUT2D eigenvalue weighted by Crippen LogP contribution is 2.18. The van der Waals surface area contributed by atoms with Crippen molar-refractivity contribution in [3.8, 4) is 0 Å². The zero-order valence-electron chi connectivity index (χ0n) is 12.6. The molecule has 5 nitrogen and oxygen atoms in total. The zero-order valence-corrected chi connectivity index (χ0v) is 12.6. The van der Waals surface area contributed by atoms with Gasteiger partial charge in [-0.1, -0.05) is 13.8 Å². The molecule has 1 rings (SSSR count). The molecule has 1 heterocycles. The van der Waals surface area contributed by atoms with Crippen molar-refractivity contribution in [2.75, 3.05) is 46.4 Å². The molecule has 2 atom stereocenters. The van der Waals surface area contributed by atoms with Gasteiger partial charge in [0.05, 0.1) is 12.5 Å². The molecule has 2 N–H and O–H groups in total. The molecular formula is C14H29N3O2. The van der Waals surface area contributed by atoms with Crippen molar-refractivity contribution in [3.05, 3.63) is 0 Å². The van der Waals surface area contributed by atoms with Gasteiger partial charge < -0.3 is 20.3 Å². The molecule has 1 aliphatic heterocycles. The van der Waals surface area contributed by atoms with Crippen molar-refractivity contribution in [3.63, 3.8) is 0 Å². The fourth-order valence-electron chi connectivity index (χ4n) is 2.64. The molecule has 0 aromatic rings. The first kappa shape index (κ1) is 16.4. The number of methoxy groups -OCH3 is 1. The third kappa shape index (κ3) is 5.09. The standard InChI is InChI=1S/C14H29N3O2/c1-4-16(5-2)10-12-6-7-17(11-12)14(18)8-13(9-15)19-3/h12-13H,4-11,15H2,1-3H3. The Hall–Kier alpha value is -0.650. The van der Waals surface area contributed by atoms with Gasteiger partial charge in [-0.25, -0.2) is 0 Å². The molecule has 1 fully saturated rings. The largest absolute Gasteiger partial charge is 0.380 e. The fourth-order valence-corrected chi connectivity index (χ4v) is 2.64. The number of nitrogens with zero attached hydrogens (tertiary/aromatic N) is 2. The molecule has 112 valence electrons. The lowest BCUT2D eigenvalue weighted by Gasteiger charge is -2.23. The Balaban J connectivity index is 2.36. The molecule has 1 aliphatic rings. The lowest BCUT2D eigenvalue weighted by molar-refractivity contribution is -0.132. The summed E-state index contributed by atoms with van der Waals surface area (Å²) in [7, 11) is 1.61. The molecule has 0 spiro atoms. The summed E-state index contributed by atoms with van der Waals surface area (Å²) in [4.78, 5) is 16.5. The summed E-state index contributed by atoms with van der Waals surface area (Å²) >= 11 is 0. The predicted molar refractivity (Wildman–Crippen MR) is 76.9 cm³/mol. The van der Waals surface area contributed by atoms with E-state index in [9.17, 15) is 4.79 Å². The highest BCUT2D eigenvalue weighted by atomic mass is 16.5. The lowest BCUT2D eigenvalue weighted by atomic mass is 10.1. The molecule has 1 saturated heterocycles. The number of nitrogens with two attached hydrogens (primary N) is 1. The van der Waals surface area contributed by atoms with E-state index in [2.05, 4.69) is 18.7 Å². The van der Waals surface area contributed by atoms with Crippen LogP contribution >= 0.6 is 0 Å². The summed E-state index contributed by atoms with van der Waals surface area (Å²) in [5.41, 5.74) is 5.56. The first-order valence-corrected chi connectivity index (χ1v) is 7.37. The molecule has 0 saturated carbocycles. The fraction of sp³-hybridized carbons (Fsp3) is 0.929. The van der Waals surface area contributed by atoms with E-state index < -0.39 is 0 Å². The van der Waals surface area contributed by atoms with Crippen LogP contribution in [0.25, 0.3) is 0 Å². The molecule has 0 aromatic carbocycles. The number of rotatable bonds is 8. The van der Waals surface area contributed by atoms with Gasteiger partial charge in [0.15, 0.2) is 0 Å². The minimum absolute atomic E-state index is 0.144. The van der Waals surface area contributed by atoms with Crippen LogP contribution in [0.4, 0.5) is 0 Å². The molecule has 19 heavy (non-hydrogen) atoms. The Morgan fingerprint density at radius 1 is 1.47 bits per heavy atom. The first-order chi connectivity index (χ1) is 9.14. The minimum atomic E-state index is -0.144. The predicted octanol–water partition coefficient (Wildman–Crippen LogP) is 0.541. The van der Waals surface area contributed by atoms with E-state index in [-0.39, 0.29) is 12.0 Å². The van der Waals surface area contributed by atoms with Crippen molar-refractivity contribution < 1.29 is 9.53 Å². The average molecular weight is 271 g/mol. The summed E-state index contributed by atoms with van der Waals surface area (Å²) in [6.07, 6.45) is 1.38. The second-order valence-corrected chi connectivity index (χ2v) is 5.28. The Kier molecular flexibility index (Phi) is 7.34. The summed E-state index contributed by atoms with van der Waals surface area (Å²) in [5.74, 6) is 0.794. The van der Waals surface area contributed by atoms with Gasteiger partial charge in [-0.3, -0.25) is 4.79 Å². The topological polar surface area (TPSA) is 58.8 Å². The summed E-state index contributed by atoms with van der Waals surface area (Å²) in [6, 6.07) is 0. The Morgan fingerprint density at radius 2 is 2.16 bits per heavy atom.